The summed E-state index contributed by atoms with van der Waals surface area (Å²) in [6.07, 6.45) is 7.56. The molecule has 1 N–H and O–H groups in total. The minimum absolute atomic E-state index is 0.0741. The van der Waals surface area contributed by atoms with Gasteiger partial charge < -0.3 is 5.43 Å². The predicted molar refractivity (Wildman–Crippen MR) is 104 cm³/mol. The van der Waals surface area contributed by atoms with Crippen molar-refractivity contribution in [2.45, 2.75) is 47.5 Å². The van der Waals surface area contributed by atoms with Crippen LogP contribution >= 0.6 is 0 Å². The van der Waals surface area contributed by atoms with Crippen LogP contribution in [0.4, 0.5) is 4.39 Å². The first-order valence-electron chi connectivity index (χ1n) is 8.84. The van der Waals surface area contributed by atoms with E-state index in [0.717, 1.165) is 23.3 Å². The first kappa shape index (κ1) is 20.8. The zero-order valence-corrected chi connectivity index (χ0v) is 16.1. The molecule has 0 radical (unpaired) electrons. The molecule has 136 valence electrons. The molecule has 0 saturated heterocycles. The minimum Gasteiger partial charge on any atom is -0.313 e. The molecular weight excluding hydrogens is 315 g/mol. The van der Waals surface area contributed by atoms with Gasteiger partial charge in [-0.25, -0.2) is 4.39 Å². The lowest BCUT2D eigenvalue weighted by molar-refractivity contribution is 0.101. The van der Waals surface area contributed by atoms with Gasteiger partial charge >= 0.3 is 0 Å². The molecule has 0 aliphatic heterocycles. The Labute approximate surface area is 150 Å². The van der Waals surface area contributed by atoms with Gasteiger partial charge in [-0.05, 0) is 55.5 Å². The van der Waals surface area contributed by atoms with Gasteiger partial charge in [0.15, 0.2) is 5.78 Å². The number of nitrogens with zero attached hydrogens (tertiary/aromatic N) is 1. The maximum atomic E-state index is 14.4. The topological polar surface area (TPSA) is 41.5 Å². The number of hydrogen-bond donors (Lipinski definition) is 1. The summed E-state index contributed by atoms with van der Waals surface area (Å²) < 4.78 is 14.4. The molecule has 0 saturated carbocycles. The minimum atomic E-state index is -0.315. The van der Waals surface area contributed by atoms with Gasteiger partial charge in [0.25, 0.3) is 0 Å². The Balaban J connectivity index is 0.00000151. The normalized spacial score (nSPS) is 14.5. The number of hydrazone groups is 1. The number of ketones is 1. The van der Waals surface area contributed by atoms with Crippen molar-refractivity contribution in [1.29, 1.82) is 0 Å². The van der Waals surface area contributed by atoms with Crippen molar-refractivity contribution in [3.05, 3.63) is 58.4 Å². The molecule has 3 nitrogen and oxygen atoms in total. The third-order valence-corrected chi connectivity index (χ3v) is 4.13. The molecule has 0 fully saturated rings. The van der Waals surface area contributed by atoms with Gasteiger partial charge in [0.1, 0.15) is 5.82 Å². The summed E-state index contributed by atoms with van der Waals surface area (Å²) in [5.41, 5.74) is 6.83. The van der Waals surface area contributed by atoms with Crippen molar-refractivity contribution in [2.75, 3.05) is 7.05 Å². The summed E-state index contributed by atoms with van der Waals surface area (Å²) in [6, 6.07) is 3.10. The molecule has 0 spiro atoms. The van der Waals surface area contributed by atoms with E-state index in [2.05, 4.69) is 22.7 Å². The Morgan fingerprint density at radius 1 is 1.36 bits per heavy atom. The van der Waals surface area contributed by atoms with Crippen LogP contribution in [-0.4, -0.2) is 18.5 Å². The third-order valence-electron chi connectivity index (χ3n) is 4.13. The fourth-order valence-corrected chi connectivity index (χ4v) is 2.89. The maximum Gasteiger partial charge on any atom is 0.159 e. The van der Waals surface area contributed by atoms with Crippen LogP contribution in [0.5, 0.6) is 0 Å². The lowest BCUT2D eigenvalue weighted by atomic mass is 9.89. The van der Waals surface area contributed by atoms with Gasteiger partial charge in [0.2, 0.25) is 0 Å². The third kappa shape index (κ3) is 5.38. The van der Waals surface area contributed by atoms with Crippen LogP contribution < -0.4 is 5.43 Å². The number of benzene rings is 1. The summed E-state index contributed by atoms with van der Waals surface area (Å²) in [7, 11) is 1.77. The SMILES string of the molecule is CC.CN/N=C(/C1=CC=CC1)C(C)Cc1c(C)cc(C(C)=O)cc1F. The molecule has 25 heavy (non-hydrogen) atoms. The number of halogens is 1. The lowest BCUT2D eigenvalue weighted by Crippen LogP contribution is -2.20. The van der Waals surface area contributed by atoms with Crippen molar-refractivity contribution in [3.8, 4) is 0 Å². The Hall–Kier alpha value is -2.23. The van der Waals surface area contributed by atoms with E-state index in [1.54, 1.807) is 13.1 Å². The Bertz CT molecular complexity index is 679. The Morgan fingerprint density at radius 3 is 2.52 bits per heavy atom. The second kappa shape index (κ2) is 9.92. The summed E-state index contributed by atoms with van der Waals surface area (Å²) in [5.74, 6) is -0.361. The van der Waals surface area contributed by atoms with Crippen LogP contribution in [0.1, 0.15) is 55.6 Å². The van der Waals surface area contributed by atoms with Crippen molar-refractivity contribution in [2.24, 2.45) is 11.0 Å². The van der Waals surface area contributed by atoms with Crippen LogP contribution in [0, 0.1) is 18.7 Å². The number of nitrogens with one attached hydrogen (secondary N) is 1. The zero-order chi connectivity index (χ0) is 19.0. The number of hydrogen-bond acceptors (Lipinski definition) is 3. The first-order chi connectivity index (χ1) is 11.9. The van der Waals surface area contributed by atoms with Gasteiger partial charge in [0.05, 0.1) is 5.71 Å². The van der Waals surface area contributed by atoms with Gasteiger partial charge in [-0.1, -0.05) is 39.0 Å². The van der Waals surface area contributed by atoms with E-state index in [1.165, 1.54) is 13.0 Å². The number of aryl methyl sites for hydroxylation is 1. The quantitative estimate of drug-likeness (QED) is 0.448. The molecule has 0 heterocycles. The maximum absolute atomic E-state index is 14.4. The monoisotopic (exact) mass is 344 g/mol. The molecule has 4 heteroatoms. The standard InChI is InChI=1S/C19H23FN2O.C2H6/c1-12-9-16(14(3)23)11-18(20)17(12)10-13(2)19(22-21-4)15-7-5-6-8-15;1-2/h5-7,9,11,13,21H,8,10H2,1-4H3;1-2H3/b22-19+;. The number of carbonyl (C=O) groups is 1. The molecule has 1 aromatic rings. The van der Waals surface area contributed by atoms with Crippen LogP contribution in [0.15, 0.2) is 41.0 Å². The smallest absolute Gasteiger partial charge is 0.159 e. The van der Waals surface area contributed by atoms with E-state index in [4.69, 9.17) is 0 Å². The van der Waals surface area contributed by atoms with Gasteiger partial charge in [0, 0.05) is 18.5 Å². The van der Waals surface area contributed by atoms with E-state index in [-0.39, 0.29) is 17.5 Å². The average molecular weight is 344 g/mol. The van der Waals surface area contributed by atoms with Crippen molar-refractivity contribution < 1.29 is 9.18 Å². The summed E-state index contributed by atoms with van der Waals surface area (Å²) in [4.78, 5) is 11.4. The second-order valence-corrected chi connectivity index (χ2v) is 5.96. The van der Waals surface area contributed by atoms with Gasteiger partial charge in [-0.15, -0.1) is 0 Å². The zero-order valence-electron chi connectivity index (χ0n) is 16.1. The fourth-order valence-electron chi connectivity index (χ4n) is 2.89. The van der Waals surface area contributed by atoms with Crippen molar-refractivity contribution >= 4 is 11.5 Å². The highest BCUT2D eigenvalue weighted by atomic mass is 19.1. The summed E-state index contributed by atoms with van der Waals surface area (Å²) in [5, 5.41) is 4.39. The molecule has 0 aromatic heterocycles. The first-order valence-corrected chi connectivity index (χ1v) is 8.84. The van der Waals surface area contributed by atoms with E-state index in [9.17, 15) is 9.18 Å². The molecule has 1 aromatic carbocycles. The van der Waals surface area contributed by atoms with Crippen LogP contribution in [0.2, 0.25) is 0 Å². The molecule has 1 aliphatic rings. The largest absolute Gasteiger partial charge is 0.313 e. The van der Waals surface area contributed by atoms with Crippen molar-refractivity contribution in [3.63, 3.8) is 0 Å². The van der Waals surface area contributed by atoms with Gasteiger partial charge in [-0.3, -0.25) is 4.79 Å². The molecular formula is C21H29FN2O. The Morgan fingerprint density at radius 2 is 2.04 bits per heavy atom. The lowest BCUT2D eigenvalue weighted by Gasteiger charge is -2.18. The van der Waals surface area contributed by atoms with Gasteiger partial charge in [-0.2, -0.15) is 5.10 Å². The van der Waals surface area contributed by atoms with Crippen LogP contribution in [-0.2, 0) is 6.42 Å². The summed E-state index contributed by atoms with van der Waals surface area (Å²) in [6.45, 7) is 9.35. The number of Topliss-reactive ketones (excluding diaryl/α,β-unsaturated/α-hetero) is 1. The van der Waals surface area contributed by atoms with Crippen LogP contribution in [0.3, 0.4) is 0 Å². The highest BCUT2D eigenvalue weighted by molar-refractivity contribution is 6.02. The number of carbonyl (C=O) groups excluding carboxylic acids is 1. The van der Waals surface area contributed by atoms with E-state index in [0.29, 0.717) is 17.5 Å². The molecule has 0 bridgehead atoms. The molecule has 2 rings (SSSR count). The molecule has 1 aliphatic carbocycles. The highest BCUT2D eigenvalue weighted by Gasteiger charge is 2.20. The van der Waals surface area contributed by atoms with Crippen LogP contribution in [0.25, 0.3) is 0 Å². The molecule has 1 unspecified atom stereocenters. The van der Waals surface area contributed by atoms with E-state index in [1.807, 2.05) is 33.8 Å². The Kier molecular flexibility index (Phi) is 8.26. The molecule has 0 amide bonds. The predicted octanol–water partition coefficient (Wildman–Crippen LogP) is 5.00. The number of rotatable bonds is 6. The van der Waals surface area contributed by atoms with E-state index >= 15 is 0 Å². The number of allylic oxidation sites excluding steroid dienone is 4. The highest BCUT2D eigenvalue weighted by Crippen LogP contribution is 2.24. The second-order valence-electron chi connectivity index (χ2n) is 5.96. The fraction of sp³-hybridized carbons (Fsp3) is 0.429. The molecule has 1 atom stereocenters. The summed E-state index contributed by atoms with van der Waals surface area (Å²) >= 11 is 0. The average Bonchev–Trinajstić information content (AvgIpc) is 3.11. The van der Waals surface area contributed by atoms with E-state index < -0.39 is 0 Å². The van der Waals surface area contributed by atoms with Crippen molar-refractivity contribution in [1.82, 2.24) is 5.43 Å².